The van der Waals surface area contributed by atoms with E-state index in [0.717, 1.165) is 22.8 Å². The number of carbonyl (C=O) groups is 1. The van der Waals surface area contributed by atoms with Gasteiger partial charge >= 0.3 is 0 Å². The molecule has 0 N–H and O–H groups in total. The first kappa shape index (κ1) is 15.4. The second-order valence-electron chi connectivity index (χ2n) is 4.97. The molecule has 0 unspecified atom stereocenters. The van der Waals surface area contributed by atoms with Crippen molar-refractivity contribution in [2.45, 2.75) is 11.3 Å². The molecular formula is C15H13FN2O4S. The second-order valence-corrected chi connectivity index (χ2v) is 6.83. The summed E-state index contributed by atoms with van der Waals surface area (Å²) in [6, 6.07) is 5.51. The lowest BCUT2D eigenvalue weighted by atomic mass is 10.0. The molecule has 0 atom stereocenters. The van der Waals surface area contributed by atoms with Gasteiger partial charge in [-0.15, -0.1) is 0 Å². The maximum Gasteiger partial charge on any atom is 0.265 e. The predicted octanol–water partition coefficient (Wildman–Crippen LogP) is 2.01. The molecule has 2 aromatic rings. The Bertz CT molecular complexity index is 883. The predicted molar refractivity (Wildman–Crippen MR) is 80.7 cm³/mol. The van der Waals surface area contributed by atoms with Gasteiger partial charge in [0.15, 0.2) is 5.78 Å². The number of hydrogen-bond acceptors (Lipinski definition) is 5. The van der Waals surface area contributed by atoms with Crippen LogP contribution in [0.3, 0.4) is 0 Å². The van der Waals surface area contributed by atoms with E-state index in [1.165, 1.54) is 19.2 Å². The number of aromatic nitrogens is 1. The van der Waals surface area contributed by atoms with Crippen LogP contribution in [0.5, 0.6) is 5.75 Å². The Kier molecular flexibility index (Phi) is 3.77. The minimum atomic E-state index is -4.02. The lowest BCUT2D eigenvalue weighted by Crippen LogP contribution is -2.37. The van der Waals surface area contributed by atoms with Crippen molar-refractivity contribution in [1.29, 1.82) is 0 Å². The van der Waals surface area contributed by atoms with Gasteiger partial charge in [0.05, 0.1) is 19.0 Å². The van der Waals surface area contributed by atoms with Crippen LogP contribution >= 0.6 is 0 Å². The number of pyridine rings is 1. The first-order valence-electron chi connectivity index (χ1n) is 6.78. The molecule has 0 radical (unpaired) electrons. The molecule has 120 valence electrons. The van der Waals surface area contributed by atoms with Crippen molar-refractivity contribution in [2.75, 3.05) is 18.0 Å². The molecule has 1 aliphatic rings. The number of Topliss-reactive ketones (excluding diaryl/α,β-unsaturated/α-hetero) is 1. The number of nitrogens with zero attached hydrogens (tertiary/aromatic N) is 2. The van der Waals surface area contributed by atoms with Crippen LogP contribution in [0, 0.1) is 5.82 Å². The first-order chi connectivity index (χ1) is 10.9. The average Bonchev–Trinajstić information content (AvgIpc) is 2.54. The molecule has 0 spiro atoms. The standard InChI is InChI=1S/C15H13FN2O4S/c1-22-11-2-3-13-14(7-11)18(5-4-15(13)19)23(20,21)12-6-10(16)8-17-9-12/h2-3,6-9H,4-5H2,1H3. The smallest absolute Gasteiger partial charge is 0.265 e. The summed E-state index contributed by atoms with van der Waals surface area (Å²) in [4.78, 5) is 15.3. The summed E-state index contributed by atoms with van der Waals surface area (Å²) in [5.41, 5.74) is 0.523. The van der Waals surface area contributed by atoms with Crippen molar-refractivity contribution < 1.29 is 22.3 Å². The van der Waals surface area contributed by atoms with Crippen LogP contribution in [-0.2, 0) is 10.0 Å². The normalized spacial score (nSPS) is 14.5. The van der Waals surface area contributed by atoms with E-state index in [9.17, 15) is 17.6 Å². The Morgan fingerprint density at radius 3 is 2.74 bits per heavy atom. The fourth-order valence-corrected chi connectivity index (χ4v) is 3.90. The van der Waals surface area contributed by atoms with Crippen molar-refractivity contribution in [3.8, 4) is 5.75 Å². The van der Waals surface area contributed by atoms with Crippen molar-refractivity contribution in [3.63, 3.8) is 0 Å². The van der Waals surface area contributed by atoms with Gasteiger partial charge in [0.1, 0.15) is 16.5 Å². The zero-order valence-electron chi connectivity index (χ0n) is 12.2. The van der Waals surface area contributed by atoms with Crippen molar-refractivity contribution in [2.24, 2.45) is 0 Å². The fourth-order valence-electron chi connectivity index (χ4n) is 2.45. The molecule has 0 bridgehead atoms. The van der Waals surface area contributed by atoms with E-state index < -0.39 is 15.8 Å². The molecule has 0 amide bonds. The van der Waals surface area contributed by atoms with Gasteiger partial charge in [-0.2, -0.15) is 0 Å². The summed E-state index contributed by atoms with van der Waals surface area (Å²) in [5.74, 6) is -0.465. The third-order valence-corrected chi connectivity index (χ3v) is 5.36. The van der Waals surface area contributed by atoms with Crippen LogP contribution in [0.25, 0.3) is 0 Å². The highest BCUT2D eigenvalue weighted by atomic mass is 32.2. The zero-order chi connectivity index (χ0) is 16.6. The Labute approximate surface area is 132 Å². The summed E-state index contributed by atoms with van der Waals surface area (Å²) in [7, 11) is -2.58. The number of fused-ring (bicyclic) bond motifs is 1. The van der Waals surface area contributed by atoms with Crippen molar-refractivity contribution in [1.82, 2.24) is 4.98 Å². The second kappa shape index (κ2) is 5.62. The minimum absolute atomic E-state index is 0.0160. The maximum absolute atomic E-state index is 13.3. The molecule has 23 heavy (non-hydrogen) atoms. The van der Waals surface area contributed by atoms with E-state index >= 15 is 0 Å². The monoisotopic (exact) mass is 336 g/mol. The lowest BCUT2D eigenvalue weighted by Gasteiger charge is -2.29. The summed E-state index contributed by atoms with van der Waals surface area (Å²) in [6.07, 6.45) is 2.06. The van der Waals surface area contributed by atoms with Crippen LogP contribution in [0.4, 0.5) is 10.1 Å². The number of ketones is 1. The number of rotatable bonds is 3. The SMILES string of the molecule is COc1ccc2c(c1)N(S(=O)(=O)c1cncc(F)c1)CCC2=O. The fraction of sp³-hybridized carbons (Fsp3) is 0.200. The number of sulfonamides is 1. The van der Waals surface area contributed by atoms with Gasteiger partial charge in [0.25, 0.3) is 10.0 Å². The molecule has 1 aliphatic heterocycles. The Morgan fingerprint density at radius 1 is 1.26 bits per heavy atom. The molecule has 1 aromatic heterocycles. The van der Waals surface area contributed by atoms with Crippen LogP contribution in [0.15, 0.2) is 41.6 Å². The van der Waals surface area contributed by atoms with E-state index in [1.807, 2.05) is 0 Å². The number of hydrogen-bond donors (Lipinski definition) is 0. The number of ether oxygens (including phenoxy) is 1. The highest BCUT2D eigenvalue weighted by Gasteiger charge is 2.33. The summed E-state index contributed by atoms with van der Waals surface area (Å²) < 4.78 is 45.1. The Balaban J connectivity index is 2.15. The van der Waals surface area contributed by atoms with Gasteiger partial charge < -0.3 is 4.74 Å². The van der Waals surface area contributed by atoms with Gasteiger partial charge in [0, 0.05) is 30.8 Å². The van der Waals surface area contributed by atoms with Crippen LogP contribution in [-0.4, -0.2) is 32.8 Å². The van der Waals surface area contributed by atoms with E-state index in [2.05, 4.69) is 4.98 Å². The highest BCUT2D eigenvalue weighted by molar-refractivity contribution is 7.92. The van der Waals surface area contributed by atoms with Crippen LogP contribution < -0.4 is 9.04 Å². The van der Waals surface area contributed by atoms with E-state index in [-0.39, 0.29) is 29.3 Å². The van der Waals surface area contributed by atoms with Gasteiger partial charge in [-0.05, 0) is 18.2 Å². The number of benzene rings is 1. The Hall–Kier alpha value is -2.48. The number of carbonyl (C=O) groups excluding carboxylic acids is 1. The maximum atomic E-state index is 13.3. The van der Waals surface area contributed by atoms with E-state index in [1.54, 1.807) is 6.07 Å². The average molecular weight is 336 g/mol. The quantitative estimate of drug-likeness (QED) is 0.857. The van der Waals surface area contributed by atoms with Gasteiger partial charge in [-0.1, -0.05) is 0 Å². The molecule has 2 heterocycles. The zero-order valence-corrected chi connectivity index (χ0v) is 13.0. The van der Waals surface area contributed by atoms with Crippen molar-refractivity contribution >= 4 is 21.5 Å². The molecule has 0 fully saturated rings. The molecule has 0 saturated carbocycles. The topological polar surface area (TPSA) is 76.6 Å². The van der Waals surface area contributed by atoms with Gasteiger partial charge in [-0.25, -0.2) is 12.8 Å². The summed E-state index contributed by atoms with van der Waals surface area (Å²) >= 11 is 0. The molecule has 3 rings (SSSR count). The van der Waals surface area contributed by atoms with Crippen molar-refractivity contribution in [3.05, 3.63) is 48.0 Å². The van der Waals surface area contributed by atoms with E-state index in [0.29, 0.717) is 11.3 Å². The first-order valence-corrected chi connectivity index (χ1v) is 8.22. The van der Waals surface area contributed by atoms with Crippen LogP contribution in [0.1, 0.15) is 16.8 Å². The van der Waals surface area contributed by atoms with Gasteiger partial charge in [-0.3, -0.25) is 14.1 Å². The summed E-state index contributed by atoms with van der Waals surface area (Å²) in [5, 5.41) is 0. The van der Waals surface area contributed by atoms with E-state index in [4.69, 9.17) is 4.74 Å². The molecule has 0 aliphatic carbocycles. The number of halogens is 1. The van der Waals surface area contributed by atoms with Crippen LogP contribution in [0.2, 0.25) is 0 Å². The summed E-state index contributed by atoms with van der Waals surface area (Å²) in [6.45, 7) is -0.0160. The highest BCUT2D eigenvalue weighted by Crippen LogP contribution is 2.34. The number of anilines is 1. The Morgan fingerprint density at radius 2 is 2.04 bits per heavy atom. The molecule has 6 nitrogen and oxygen atoms in total. The largest absolute Gasteiger partial charge is 0.497 e. The third-order valence-electron chi connectivity index (χ3n) is 3.58. The number of methoxy groups -OCH3 is 1. The molecular weight excluding hydrogens is 323 g/mol. The molecule has 1 aromatic carbocycles. The van der Waals surface area contributed by atoms with Gasteiger partial charge in [0.2, 0.25) is 0 Å². The molecule has 8 heteroatoms. The molecule has 0 saturated heterocycles. The third kappa shape index (κ3) is 2.65. The minimum Gasteiger partial charge on any atom is -0.497 e. The lowest BCUT2D eigenvalue weighted by molar-refractivity contribution is 0.0982.